The fraction of sp³-hybridized carbons (Fsp3) is 0.458. The van der Waals surface area contributed by atoms with Gasteiger partial charge in [-0.25, -0.2) is 0 Å². The first-order chi connectivity index (χ1) is 13.9. The number of hydrogen-bond donors (Lipinski definition) is 1. The molecule has 0 spiro atoms. The van der Waals surface area contributed by atoms with Crippen molar-refractivity contribution in [3.8, 4) is 0 Å². The lowest BCUT2D eigenvalue weighted by Crippen LogP contribution is -2.31. The van der Waals surface area contributed by atoms with Crippen LogP contribution in [-0.2, 0) is 11.3 Å². The van der Waals surface area contributed by atoms with Crippen molar-refractivity contribution in [1.29, 1.82) is 0 Å². The molecule has 3 rings (SSSR count). The van der Waals surface area contributed by atoms with Gasteiger partial charge in [0.1, 0.15) is 0 Å². The Morgan fingerprint density at radius 3 is 2.41 bits per heavy atom. The van der Waals surface area contributed by atoms with Gasteiger partial charge in [0.25, 0.3) is 5.91 Å². The van der Waals surface area contributed by atoms with Crippen molar-refractivity contribution in [2.24, 2.45) is 5.92 Å². The summed E-state index contributed by atoms with van der Waals surface area (Å²) in [6, 6.07) is 16.3. The predicted octanol–water partition coefficient (Wildman–Crippen LogP) is 4.25. The molecule has 0 radical (unpaired) electrons. The van der Waals surface area contributed by atoms with Gasteiger partial charge in [0.05, 0.1) is 6.61 Å². The van der Waals surface area contributed by atoms with Gasteiger partial charge in [-0.3, -0.25) is 4.79 Å². The molecule has 1 aliphatic rings. The second-order valence-electron chi connectivity index (χ2n) is 8.46. The number of hydrogen-bond acceptors (Lipinski definition) is 4. The Labute approximate surface area is 174 Å². The highest BCUT2D eigenvalue weighted by atomic mass is 16.5. The van der Waals surface area contributed by atoms with Crippen LogP contribution in [0.5, 0.6) is 0 Å². The van der Waals surface area contributed by atoms with Crippen LogP contribution in [0, 0.1) is 5.92 Å². The summed E-state index contributed by atoms with van der Waals surface area (Å²) in [6.45, 7) is 7.70. The van der Waals surface area contributed by atoms with Crippen molar-refractivity contribution in [2.75, 3.05) is 44.0 Å². The first-order valence-electron chi connectivity index (χ1n) is 10.4. The Morgan fingerprint density at radius 2 is 1.83 bits per heavy atom. The highest BCUT2D eigenvalue weighted by Gasteiger charge is 2.23. The van der Waals surface area contributed by atoms with E-state index in [2.05, 4.69) is 55.2 Å². The van der Waals surface area contributed by atoms with Crippen molar-refractivity contribution in [3.05, 3.63) is 59.7 Å². The van der Waals surface area contributed by atoms with Crippen LogP contribution in [0.1, 0.15) is 36.2 Å². The van der Waals surface area contributed by atoms with Gasteiger partial charge in [-0.05, 0) is 68.4 Å². The first kappa shape index (κ1) is 21.3. The average molecular weight is 396 g/mol. The minimum atomic E-state index is -0.0961. The third-order valence-electron chi connectivity index (χ3n) is 5.32. The zero-order chi connectivity index (χ0) is 20.8. The number of ether oxygens (including phenoxy) is 1. The summed E-state index contributed by atoms with van der Waals surface area (Å²) in [5.74, 6) is 0.424. The zero-order valence-electron chi connectivity index (χ0n) is 18.0. The van der Waals surface area contributed by atoms with Gasteiger partial charge in [0.15, 0.2) is 0 Å². The summed E-state index contributed by atoms with van der Waals surface area (Å²) in [7, 11) is 4.27. The van der Waals surface area contributed by atoms with E-state index in [0.717, 1.165) is 30.9 Å². The van der Waals surface area contributed by atoms with Gasteiger partial charge in [0, 0.05) is 42.7 Å². The Morgan fingerprint density at radius 1 is 1.14 bits per heavy atom. The lowest BCUT2D eigenvalue weighted by Gasteiger charge is -2.22. The molecule has 0 saturated carbocycles. The zero-order valence-corrected chi connectivity index (χ0v) is 18.0. The van der Waals surface area contributed by atoms with Gasteiger partial charge in [-0.2, -0.15) is 0 Å². The molecule has 5 nitrogen and oxygen atoms in total. The number of benzene rings is 2. The smallest absolute Gasteiger partial charge is 0.255 e. The molecule has 29 heavy (non-hydrogen) atoms. The normalized spacial score (nSPS) is 16.6. The van der Waals surface area contributed by atoms with E-state index in [1.807, 2.05) is 36.4 Å². The maximum atomic E-state index is 12.5. The fourth-order valence-electron chi connectivity index (χ4n) is 3.52. The van der Waals surface area contributed by atoms with Crippen LogP contribution in [0.15, 0.2) is 48.5 Å². The molecule has 2 aromatic rings. The summed E-state index contributed by atoms with van der Waals surface area (Å²) in [4.78, 5) is 17.2. The fourth-order valence-corrected chi connectivity index (χ4v) is 3.52. The number of anilines is 2. The number of nitrogens with zero attached hydrogens (tertiary/aromatic N) is 2. The van der Waals surface area contributed by atoms with E-state index in [1.54, 1.807) is 0 Å². The van der Waals surface area contributed by atoms with Gasteiger partial charge in [-0.15, -0.1) is 0 Å². The maximum Gasteiger partial charge on any atom is 0.255 e. The van der Waals surface area contributed by atoms with Crippen molar-refractivity contribution in [2.45, 2.75) is 32.9 Å². The summed E-state index contributed by atoms with van der Waals surface area (Å²) in [5.41, 5.74) is 3.74. The molecule has 5 heteroatoms. The van der Waals surface area contributed by atoms with Gasteiger partial charge in [0.2, 0.25) is 0 Å². The molecule has 156 valence electrons. The van der Waals surface area contributed by atoms with Gasteiger partial charge < -0.3 is 19.9 Å². The van der Waals surface area contributed by atoms with E-state index in [0.29, 0.717) is 24.1 Å². The first-order valence-corrected chi connectivity index (χ1v) is 10.4. The van der Waals surface area contributed by atoms with Crippen molar-refractivity contribution >= 4 is 17.3 Å². The molecule has 1 aliphatic heterocycles. The Kier molecular flexibility index (Phi) is 7.29. The topological polar surface area (TPSA) is 44.8 Å². The Hall–Kier alpha value is -2.37. The highest BCUT2D eigenvalue weighted by Crippen LogP contribution is 2.24. The molecular formula is C24H33N3O2. The number of carbonyl (C=O) groups is 1. The molecule has 2 aromatic carbocycles. The number of likely N-dealkylation sites (N-methyl/N-ethyl adjacent to an activating group) is 1. The van der Waals surface area contributed by atoms with Crippen LogP contribution in [0.3, 0.4) is 0 Å². The van der Waals surface area contributed by atoms with Crippen molar-refractivity contribution < 1.29 is 9.53 Å². The second kappa shape index (κ2) is 9.90. The van der Waals surface area contributed by atoms with Crippen LogP contribution in [-0.4, -0.2) is 50.6 Å². The molecule has 0 bridgehead atoms. The quantitative estimate of drug-likeness (QED) is 0.726. The van der Waals surface area contributed by atoms with Gasteiger partial charge >= 0.3 is 0 Å². The highest BCUT2D eigenvalue weighted by molar-refractivity contribution is 6.04. The van der Waals surface area contributed by atoms with E-state index < -0.39 is 0 Å². The minimum absolute atomic E-state index is 0.0961. The summed E-state index contributed by atoms with van der Waals surface area (Å²) < 4.78 is 5.64. The molecule has 0 aliphatic carbocycles. The van der Waals surface area contributed by atoms with Crippen molar-refractivity contribution in [3.63, 3.8) is 0 Å². The van der Waals surface area contributed by atoms with E-state index in [-0.39, 0.29) is 5.91 Å². The lowest BCUT2D eigenvalue weighted by molar-refractivity contribution is 0.0969. The molecule has 0 aromatic heterocycles. The van der Waals surface area contributed by atoms with Crippen molar-refractivity contribution in [1.82, 2.24) is 4.90 Å². The van der Waals surface area contributed by atoms with E-state index in [9.17, 15) is 4.79 Å². The molecule has 1 atom stereocenters. The molecule has 1 amide bonds. The van der Waals surface area contributed by atoms with Crippen LogP contribution >= 0.6 is 0 Å². The molecule has 1 unspecified atom stereocenters. The summed E-state index contributed by atoms with van der Waals surface area (Å²) >= 11 is 0. The van der Waals surface area contributed by atoms with Crippen LogP contribution in [0.4, 0.5) is 11.4 Å². The van der Waals surface area contributed by atoms with Crippen LogP contribution in [0.25, 0.3) is 0 Å². The molecule has 1 saturated heterocycles. The van der Waals surface area contributed by atoms with Crippen LogP contribution in [0.2, 0.25) is 0 Å². The Bertz CT molecular complexity index is 785. The SMILES string of the molecule is CC(C)COCc1ccc(C(=O)Nc2ccc(N3CCC(N(C)C)C3)cc2)cc1. The number of carbonyl (C=O) groups excluding carboxylic acids is 1. The van der Waals surface area contributed by atoms with E-state index >= 15 is 0 Å². The third-order valence-corrected chi connectivity index (χ3v) is 5.32. The molecule has 1 heterocycles. The van der Waals surface area contributed by atoms with Gasteiger partial charge in [-0.1, -0.05) is 26.0 Å². The molecule has 1 N–H and O–H groups in total. The number of nitrogens with one attached hydrogen (secondary N) is 1. The maximum absolute atomic E-state index is 12.5. The number of rotatable bonds is 8. The number of amides is 1. The second-order valence-corrected chi connectivity index (χ2v) is 8.46. The lowest BCUT2D eigenvalue weighted by atomic mass is 10.1. The minimum Gasteiger partial charge on any atom is -0.377 e. The Balaban J connectivity index is 1.53. The van der Waals surface area contributed by atoms with Crippen LogP contribution < -0.4 is 10.2 Å². The monoisotopic (exact) mass is 395 g/mol. The average Bonchev–Trinajstić information content (AvgIpc) is 3.19. The molecule has 1 fully saturated rings. The largest absolute Gasteiger partial charge is 0.377 e. The van der Waals surface area contributed by atoms with E-state index in [1.165, 1.54) is 12.1 Å². The third kappa shape index (κ3) is 6.05. The van der Waals surface area contributed by atoms with E-state index in [4.69, 9.17) is 4.74 Å². The molecular weight excluding hydrogens is 362 g/mol. The predicted molar refractivity (Wildman–Crippen MR) is 120 cm³/mol. The summed E-state index contributed by atoms with van der Waals surface area (Å²) in [5, 5.41) is 2.98. The summed E-state index contributed by atoms with van der Waals surface area (Å²) in [6.07, 6.45) is 1.18. The standard InChI is InChI=1S/C24H33N3O2/c1-18(2)16-29-17-19-5-7-20(8-6-19)24(28)25-21-9-11-22(12-10-21)27-14-13-23(15-27)26(3)4/h5-12,18,23H,13-17H2,1-4H3,(H,25,28).